The molecule has 0 unspecified atom stereocenters. The highest BCUT2D eigenvalue weighted by Crippen LogP contribution is 2.24. The number of nitrogens with one attached hydrogen (secondary N) is 2. The van der Waals surface area contributed by atoms with E-state index in [2.05, 4.69) is 33.9 Å². The highest BCUT2D eigenvalue weighted by Gasteiger charge is 2.16. The van der Waals surface area contributed by atoms with Crippen molar-refractivity contribution in [3.05, 3.63) is 48.0 Å². The van der Waals surface area contributed by atoms with Crippen LogP contribution in [0.25, 0.3) is 11.0 Å². The van der Waals surface area contributed by atoms with Crippen molar-refractivity contribution in [2.24, 2.45) is 0 Å². The zero-order valence-corrected chi connectivity index (χ0v) is 13.5. The van der Waals surface area contributed by atoms with Gasteiger partial charge in [-0.3, -0.25) is 5.32 Å². The molecule has 1 heterocycles. The van der Waals surface area contributed by atoms with Gasteiger partial charge in [-0.2, -0.15) is 0 Å². The molecule has 0 spiro atoms. The fourth-order valence-electron chi connectivity index (χ4n) is 2.72. The van der Waals surface area contributed by atoms with Crippen molar-refractivity contribution in [1.82, 2.24) is 4.98 Å². The second-order valence-electron chi connectivity index (χ2n) is 5.49. The number of aromatic nitrogens is 2. The number of para-hydroxylation sites is 2. The van der Waals surface area contributed by atoms with Crippen molar-refractivity contribution in [1.29, 1.82) is 0 Å². The van der Waals surface area contributed by atoms with Crippen LogP contribution in [0.15, 0.2) is 42.5 Å². The van der Waals surface area contributed by atoms with Gasteiger partial charge in [-0.05, 0) is 30.7 Å². The second-order valence-corrected chi connectivity index (χ2v) is 5.49. The number of aryl methyl sites for hydroxylation is 1. The minimum Gasteiger partial charge on any atom is -0.507 e. The number of nitrogens with zero attached hydrogens (tertiary/aromatic N) is 1. The summed E-state index contributed by atoms with van der Waals surface area (Å²) in [7, 11) is 1.59. The first-order valence-corrected chi connectivity index (χ1v) is 7.83. The third kappa shape index (κ3) is 3.08. The average Bonchev–Trinajstić information content (AvgIpc) is 2.92. The third-order valence-electron chi connectivity index (χ3n) is 3.90. The number of phenols is 1. The second kappa shape index (κ2) is 6.60. The minimum atomic E-state index is 0.231. The smallest absolute Gasteiger partial charge is 0.356 e. The van der Waals surface area contributed by atoms with Gasteiger partial charge in [-0.15, -0.1) is 0 Å². The first-order valence-electron chi connectivity index (χ1n) is 7.83. The molecule has 120 valence electrons. The molecule has 0 aliphatic heterocycles. The summed E-state index contributed by atoms with van der Waals surface area (Å²) in [6.45, 7) is 3.63. The molecule has 3 rings (SSSR count). The van der Waals surface area contributed by atoms with E-state index in [1.54, 1.807) is 13.2 Å². The fourth-order valence-corrected chi connectivity index (χ4v) is 2.72. The van der Waals surface area contributed by atoms with Gasteiger partial charge in [0.05, 0.1) is 20.2 Å². The molecule has 0 aliphatic rings. The first-order chi connectivity index (χ1) is 11.2. The quantitative estimate of drug-likeness (QED) is 0.613. The first kappa shape index (κ1) is 15.2. The van der Waals surface area contributed by atoms with Crippen molar-refractivity contribution in [3.63, 3.8) is 0 Å². The Balaban J connectivity index is 1.85. The van der Waals surface area contributed by atoms with E-state index in [9.17, 15) is 5.11 Å². The molecule has 0 fully saturated rings. The molecular formula is C18H22N3O2+. The van der Waals surface area contributed by atoms with Gasteiger partial charge in [0.2, 0.25) is 0 Å². The van der Waals surface area contributed by atoms with E-state index in [1.165, 1.54) is 5.52 Å². The van der Waals surface area contributed by atoms with Crippen LogP contribution in [-0.2, 0) is 13.1 Å². The minimum absolute atomic E-state index is 0.231. The number of fused-ring (bicyclic) bond motifs is 1. The highest BCUT2D eigenvalue weighted by molar-refractivity contribution is 5.72. The summed E-state index contributed by atoms with van der Waals surface area (Å²) < 4.78 is 7.35. The molecule has 5 heteroatoms. The maximum atomic E-state index is 10.1. The van der Waals surface area contributed by atoms with Crippen LogP contribution in [0.4, 0.5) is 5.95 Å². The van der Waals surface area contributed by atoms with Crippen LogP contribution < -0.4 is 14.6 Å². The Labute approximate surface area is 135 Å². The predicted molar refractivity (Wildman–Crippen MR) is 90.8 cm³/mol. The Morgan fingerprint density at radius 1 is 1.22 bits per heavy atom. The lowest BCUT2D eigenvalue weighted by Gasteiger charge is -2.07. The molecule has 5 nitrogen and oxygen atoms in total. The topological polar surface area (TPSA) is 61.2 Å². The molecule has 0 atom stereocenters. The third-order valence-corrected chi connectivity index (χ3v) is 3.90. The monoisotopic (exact) mass is 312 g/mol. The molecular weight excluding hydrogens is 290 g/mol. The zero-order valence-electron chi connectivity index (χ0n) is 13.5. The Morgan fingerprint density at radius 2 is 2.04 bits per heavy atom. The van der Waals surface area contributed by atoms with E-state index in [0.717, 1.165) is 30.0 Å². The number of hydrogen-bond donors (Lipinski definition) is 3. The van der Waals surface area contributed by atoms with E-state index in [-0.39, 0.29) is 5.75 Å². The number of imidazole rings is 1. The molecule has 0 radical (unpaired) electrons. The Morgan fingerprint density at radius 3 is 2.78 bits per heavy atom. The molecule has 2 aromatic carbocycles. The Bertz CT molecular complexity index is 811. The van der Waals surface area contributed by atoms with Crippen molar-refractivity contribution >= 4 is 17.0 Å². The number of anilines is 1. The summed E-state index contributed by atoms with van der Waals surface area (Å²) in [4.78, 5) is 3.41. The number of methoxy groups -OCH3 is 1. The van der Waals surface area contributed by atoms with Crippen LogP contribution in [0.2, 0.25) is 0 Å². The van der Waals surface area contributed by atoms with Crippen LogP contribution >= 0.6 is 0 Å². The number of aromatic amines is 1. The molecule has 3 aromatic rings. The van der Waals surface area contributed by atoms with Gasteiger partial charge in [0.25, 0.3) is 0 Å². The van der Waals surface area contributed by atoms with Crippen LogP contribution in [-0.4, -0.2) is 17.2 Å². The van der Waals surface area contributed by atoms with Gasteiger partial charge in [0.15, 0.2) is 0 Å². The molecule has 3 N–H and O–H groups in total. The number of H-pyrrole nitrogens is 1. The van der Waals surface area contributed by atoms with E-state index in [0.29, 0.717) is 12.3 Å². The maximum Gasteiger partial charge on any atom is 0.356 e. The zero-order chi connectivity index (χ0) is 16.2. The number of benzene rings is 2. The van der Waals surface area contributed by atoms with Crippen molar-refractivity contribution < 1.29 is 14.4 Å². The summed E-state index contributed by atoms with van der Waals surface area (Å²) in [5, 5.41) is 13.5. The van der Waals surface area contributed by atoms with Gasteiger partial charge in [0, 0.05) is 11.6 Å². The van der Waals surface area contributed by atoms with Gasteiger partial charge in [-0.1, -0.05) is 19.1 Å². The molecule has 1 aromatic heterocycles. The van der Waals surface area contributed by atoms with Crippen LogP contribution in [0, 0.1) is 0 Å². The molecule has 0 aliphatic carbocycles. The lowest BCUT2D eigenvalue weighted by Crippen LogP contribution is -2.35. The number of hydrogen-bond acceptors (Lipinski definition) is 3. The lowest BCUT2D eigenvalue weighted by molar-refractivity contribution is -0.657. The maximum absolute atomic E-state index is 10.1. The van der Waals surface area contributed by atoms with Gasteiger partial charge >= 0.3 is 5.95 Å². The molecule has 23 heavy (non-hydrogen) atoms. The number of rotatable bonds is 6. The molecule has 0 amide bonds. The average molecular weight is 312 g/mol. The molecule has 0 bridgehead atoms. The van der Waals surface area contributed by atoms with E-state index in [4.69, 9.17) is 4.74 Å². The predicted octanol–water partition coefficient (Wildman–Crippen LogP) is 3.19. The molecule has 0 saturated heterocycles. The summed E-state index contributed by atoms with van der Waals surface area (Å²) >= 11 is 0. The summed E-state index contributed by atoms with van der Waals surface area (Å²) in [5.74, 6) is 1.83. The van der Waals surface area contributed by atoms with Crippen molar-refractivity contribution in [3.8, 4) is 11.5 Å². The van der Waals surface area contributed by atoms with Gasteiger partial charge in [-0.25, -0.2) is 9.55 Å². The largest absolute Gasteiger partial charge is 0.507 e. The number of ether oxygens (including phenoxy) is 1. The fraction of sp³-hybridized carbons (Fsp3) is 0.278. The SMILES string of the molecule is CCC[n+]1c(NCc2ccc(OC)cc2O)[nH]c2ccccc21. The van der Waals surface area contributed by atoms with E-state index < -0.39 is 0 Å². The summed E-state index contributed by atoms with van der Waals surface area (Å²) in [6, 6.07) is 13.6. The van der Waals surface area contributed by atoms with Crippen LogP contribution in [0.3, 0.4) is 0 Å². The highest BCUT2D eigenvalue weighted by atomic mass is 16.5. The lowest BCUT2D eigenvalue weighted by atomic mass is 10.2. The Kier molecular flexibility index (Phi) is 4.37. The Hall–Kier alpha value is -2.69. The number of aromatic hydroxyl groups is 1. The van der Waals surface area contributed by atoms with Gasteiger partial charge < -0.3 is 9.84 Å². The van der Waals surface area contributed by atoms with E-state index >= 15 is 0 Å². The normalized spacial score (nSPS) is 10.9. The van der Waals surface area contributed by atoms with Crippen molar-refractivity contribution in [2.45, 2.75) is 26.4 Å². The van der Waals surface area contributed by atoms with Crippen LogP contribution in [0.5, 0.6) is 11.5 Å². The van der Waals surface area contributed by atoms with Crippen molar-refractivity contribution in [2.75, 3.05) is 12.4 Å². The molecule has 0 saturated carbocycles. The van der Waals surface area contributed by atoms with Crippen LogP contribution in [0.1, 0.15) is 18.9 Å². The standard InChI is InChI=1S/C18H21N3O2/c1-3-10-21-16-7-5-4-6-15(16)20-18(21)19-12-13-8-9-14(23-2)11-17(13)22/h4-9,11H,3,10,12H2,1-2H3,(H2,19,20,22)/p+1. The van der Waals surface area contributed by atoms with E-state index in [1.807, 2.05) is 24.3 Å². The van der Waals surface area contributed by atoms with Gasteiger partial charge in [0.1, 0.15) is 22.5 Å². The summed E-state index contributed by atoms with van der Waals surface area (Å²) in [5.41, 5.74) is 3.10. The summed E-state index contributed by atoms with van der Waals surface area (Å²) in [6.07, 6.45) is 1.05. The number of phenolic OH excluding ortho intramolecular Hbond substituents is 1.